The molecule has 1 rings (SSSR count). The maximum absolute atomic E-state index is 9.11. The highest BCUT2D eigenvalue weighted by Crippen LogP contribution is 2.20. The van der Waals surface area contributed by atoms with Crippen molar-refractivity contribution >= 4 is 30.9 Å². The van der Waals surface area contributed by atoms with E-state index in [4.69, 9.17) is 15.6 Å². The standard InChI is InChI=1S/C8H10BN3O2S/c1-5-7(9(13)14)2-6(4-15)3-8(5)11-12-10/h2-3,13-15H,4H2,1H3. The van der Waals surface area contributed by atoms with Gasteiger partial charge in [0.1, 0.15) is 0 Å². The zero-order valence-electron chi connectivity index (χ0n) is 8.12. The van der Waals surface area contributed by atoms with Crippen LogP contribution in [0.3, 0.4) is 0 Å². The molecule has 0 aliphatic rings. The lowest BCUT2D eigenvalue weighted by atomic mass is 9.76. The van der Waals surface area contributed by atoms with Gasteiger partial charge in [0.2, 0.25) is 0 Å². The minimum atomic E-state index is -1.57. The van der Waals surface area contributed by atoms with Gasteiger partial charge in [-0.15, -0.1) is 0 Å². The second-order valence-corrected chi connectivity index (χ2v) is 3.37. The third-order valence-corrected chi connectivity index (χ3v) is 2.46. The lowest BCUT2D eigenvalue weighted by Crippen LogP contribution is -2.32. The molecule has 0 bridgehead atoms. The van der Waals surface area contributed by atoms with Crippen LogP contribution in [-0.2, 0) is 5.75 Å². The van der Waals surface area contributed by atoms with Gasteiger partial charge in [-0.25, -0.2) is 0 Å². The lowest BCUT2D eigenvalue weighted by molar-refractivity contribution is 0.425. The summed E-state index contributed by atoms with van der Waals surface area (Å²) in [7, 11) is -1.57. The van der Waals surface area contributed by atoms with E-state index in [-0.39, 0.29) is 0 Å². The van der Waals surface area contributed by atoms with E-state index in [1.165, 1.54) is 0 Å². The fourth-order valence-corrected chi connectivity index (χ4v) is 1.48. The molecule has 0 aromatic heterocycles. The molecule has 78 valence electrons. The first-order valence-electron chi connectivity index (χ1n) is 4.25. The Morgan fingerprint density at radius 2 is 2.20 bits per heavy atom. The van der Waals surface area contributed by atoms with Gasteiger partial charge < -0.3 is 10.0 Å². The van der Waals surface area contributed by atoms with E-state index in [9.17, 15) is 0 Å². The zero-order chi connectivity index (χ0) is 11.4. The molecular formula is C8H10BN3O2S. The molecule has 0 unspecified atom stereocenters. The summed E-state index contributed by atoms with van der Waals surface area (Å²) in [4.78, 5) is 2.68. The molecule has 0 amide bonds. The Kier molecular flexibility index (Phi) is 4.05. The van der Waals surface area contributed by atoms with Crippen molar-refractivity contribution in [1.29, 1.82) is 0 Å². The van der Waals surface area contributed by atoms with E-state index >= 15 is 0 Å². The van der Waals surface area contributed by atoms with Crippen molar-refractivity contribution in [3.8, 4) is 0 Å². The van der Waals surface area contributed by atoms with Gasteiger partial charge in [0.15, 0.2) is 0 Å². The van der Waals surface area contributed by atoms with Crippen LogP contribution in [0.4, 0.5) is 5.69 Å². The SMILES string of the molecule is Cc1c(N=[N+]=[N-])cc(CS)cc1B(O)O. The first-order valence-corrected chi connectivity index (χ1v) is 4.89. The predicted molar refractivity (Wildman–Crippen MR) is 62.5 cm³/mol. The maximum Gasteiger partial charge on any atom is 0.488 e. The smallest absolute Gasteiger partial charge is 0.423 e. The highest BCUT2D eigenvalue weighted by Gasteiger charge is 2.16. The molecule has 7 heteroatoms. The van der Waals surface area contributed by atoms with Crippen LogP contribution in [0.5, 0.6) is 0 Å². The number of azide groups is 1. The molecule has 0 saturated carbocycles. The fraction of sp³-hybridized carbons (Fsp3) is 0.250. The normalized spacial score (nSPS) is 9.60. The number of nitrogens with zero attached hydrogens (tertiary/aromatic N) is 3. The van der Waals surface area contributed by atoms with E-state index in [0.717, 1.165) is 5.56 Å². The minimum absolute atomic E-state index is 0.337. The maximum atomic E-state index is 9.11. The molecule has 0 aliphatic heterocycles. The summed E-state index contributed by atoms with van der Waals surface area (Å²) in [5.74, 6) is 0.438. The third kappa shape index (κ3) is 2.67. The quantitative estimate of drug-likeness (QED) is 0.235. The summed E-state index contributed by atoms with van der Waals surface area (Å²) in [6.07, 6.45) is 0. The molecule has 0 radical (unpaired) electrons. The molecule has 5 nitrogen and oxygen atoms in total. The van der Waals surface area contributed by atoms with Gasteiger partial charge in [-0.05, 0) is 35.1 Å². The first-order chi connectivity index (χ1) is 7.10. The Balaban J connectivity index is 3.39. The Morgan fingerprint density at radius 1 is 1.53 bits per heavy atom. The van der Waals surface area contributed by atoms with Crippen molar-refractivity contribution in [2.45, 2.75) is 12.7 Å². The molecule has 0 saturated heterocycles. The average Bonchev–Trinajstić information content (AvgIpc) is 2.21. The molecule has 2 N–H and O–H groups in total. The Morgan fingerprint density at radius 3 is 2.67 bits per heavy atom. The average molecular weight is 223 g/mol. The van der Waals surface area contributed by atoms with Gasteiger partial charge in [-0.3, -0.25) is 0 Å². The predicted octanol–water partition coefficient (Wildman–Crippen LogP) is 1.05. The molecule has 0 spiro atoms. The topological polar surface area (TPSA) is 89.2 Å². The summed E-state index contributed by atoms with van der Waals surface area (Å²) in [6, 6.07) is 3.30. The van der Waals surface area contributed by atoms with Gasteiger partial charge in [-0.2, -0.15) is 12.6 Å². The molecule has 0 atom stereocenters. The third-order valence-electron chi connectivity index (χ3n) is 2.09. The van der Waals surface area contributed by atoms with E-state index in [0.29, 0.717) is 22.5 Å². The van der Waals surface area contributed by atoms with Crippen molar-refractivity contribution in [2.75, 3.05) is 0 Å². The van der Waals surface area contributed by atoms with E-state index in [1.54, 1.807) is 19.1 Å². The van der Waals surface area contributed by atoms with Crippen LogP contribution in [0.2, 0.25) is 0 Å². The minimum Gasteiger partial charge on any atom is -0.423 e. The van der Waals surface area contributed by atoms with Gasteiger partial charge in [0, 0.05) is 16.4 Å². The first kappa shape index (κ1) is 11.9. The summed E-state index contributed by atoms with van der Waals surface area (Å²) in [6.45, 7) is 1.67. The van der Waals surface area contributed by atoms with E-state index in [1.807, 2.05) is 0 Å². The second kappa shape index (κ2) is 5.09. The monoisotopic (exact) mass is 223 g/mol. The lowest BCUT2D eigenvalue weighted by Gasteiger charge is -2.09. The van der Waals surface area contributed by atoms with Crippen molar-refractivity contribution in [1.82, 2.24) is 0 Å². The Hall–Kier alpha value is -1.14. The van der Waals surface area contributed by atoms with Crippen molar-refractivity contribution in [2.24, 2.45) is 5.11 Å². The Labute approximate surface area is 92.9 Å². The van der Waals surface area contributed by atoms with Crippen LogP contribution in [0, 0.1) is 6.92 Å². The van der Waals surface area contributed by atoms with Gasteiger partial charge >= 0.3 is 7.12 Å². The number of benzene rings is 1. The Bertz CT molecular complexity index is 419. The summed E-state index contributed by atoms with van der Waals surface area (Å²) < 4.78 is 0. The number of hydrogen-bond acceptors (Lipinski definition) is 4. The summed E-state index contributed by atoms with van der Waals surface area (Å²) >= 11 is 4.08. The van der Waals surface area contributed by atoms with Crippen molar-refractivity contribution in [3.05, 3.63) is 33.7 Å². The van der Waals surface area contributed by atoms with Crippen LogP contribution in [-0.4, -0.2) is 17.2 Å². The van der Waals surface area contributed by atoms with Crippen LogP contribution in [0.15, 0.2) is 17.2 Å². The molecule has 1 aromatic carbocycles. The zero-order valence-corrected chi connectivity index (χ0v) is 9.02. The molecule has 15 heavy (non-hydrogen) atoms. The van der Waals surface area contributed by atoms with E-state index in [2.05, 4.69) is 22.7 Å². The highest BCUT2D eigenvalue weighted by atomic mass is 32.1. The fourth-order valence-electron chi connectivity index (χ4n) is 1.29. The number of rotatable bonds is 3. The summed E-state index contributed by atoms with van der Waals surface area (Å²) in [5.41, 5.74) is 10.4. The van der Waals surface area contributed by atoms with Gasteiger partial charge in [-0.1, -0.05) is 11.2 Å². The van der Waals surface area contributed by atoms with Crippen LogP contribution < -0.4 is 5.46 Å². The van der Waals surface area contributed by atoms with Crippen LogP contribution in [0.25, 0.3) is 10.4 Å². The highest BCUT2D eigenvalue weighted by molar-refractivity contribution is 7.79. The van der Waals surface area contributed by atoms with Gasteiger partial charge in [0.05, 0.1) is 0 Å². The van der Waals surface area contributed by atoms with Crippen LogP contribution in [0.1, 0.15) is 11.1 Å². The molecule has 0 heterocycles. The van der Waals surface area contributed by atoms with Crippen molar-refractivity contribution in [3.63, 3.8) is 0 Å². The molecule has 0 fully saturated rings. The van der Waals surface area contributed by atoms with Crippen LogP contribution >= 0.6 is 12.6 Å². The number of hydrogen-bond donors (Lipinski definition) is 3. The molecule has 1 aromatic rings. The second-order valence-electron chi connectivity index (χ2n) is 3.05. The van der Waals surface area contributed by atoms with Gasteiger partial charge in [0.25, 0.3) is 0 Å². The molecule has 0 aliphatic carbocycles. The largest absolute Gasteiger partial charge is 0.488 e. The summed E-state index contributed by atoms with van der Waals surface area (Å²) in [5, 5.41) is 21.7. The van der Waals surface area contributed by atoms with Crippen molar-refractivity contribution < 1.29 is 10.0 Å². The van der Waals surface area contributed by atoms with E-state index < -0.39 is 7.12 Å². The number of thiol groups is 1. The molecular weight excluding hydrogens is 213 g/mol.